The van der Waals surface area contributed by atoms with Crippen molar-refractivity contribution < 1.29 is 23.4 Å². The maximum atomic E-state index is 13.1. The van der Waals surface area contributed by atoms with Crippen LogP contribution in [-0.2, 0) is 16.1 Å². The van der Waals surface area contributed by atoms with Crippen molar-refractivity contribution in [2.45, 2.75) is 18.6 Å². The maximum absolute atomic E-state index is 13.1. The number of rotatable bonds is 6. The summed E-state index contributed by atoms with van der Waals surface area (Å²) in [5.74, 6) is -5.31. The molecule has 1 rings (SSSR count). The molecule has 1 aromatic rings. The second-order valence-corrected chi connectivity index (χ2v) is 3.48. The van der Waals surface area contributed by atoms with E-state index in [0.717, 1.165) is 0 Å². The zero-order valence-electron chi connectivity index (χ0n) is 8.98. The number of nitrogens with two attached hydrogens (primary N) is 1. The first kappa shape index (κ1) is 13.5. The van der Waals surface area contributed by atoms with Crippen LogP contribution in [0.4, 0.5) is 8.78 Å². The van der Waals surface area contributed by atoms with Crippen LogP contribution >= 0.6 is 0 Å². The first-order valence-corrected chi connectivity index (χ1v) is 4.93. The van der Waals surface area contributed by atoms with Gasteiger partial charge in [-0.1, -0.05) is 30.3 Å². The quantitative estimate of drug-likeness (QED) is 0.791. The molecule has 0 aliphatic carbocycles. The molecule has 0 amide bonds. The standard InChI is InChI=1S/C11H13F2NO3/c12-11(13,7-14)9(10(15)16)17-6-8-4-2-1-3-5-8/h1-5,9H,6-7,14H2,(H,15,16)/t9-/m1/s1. The van der Waals surface area contributed by atoms with Crippen molar-refractivity contribution in [3.63, 3.8) is 0 Å². The van der Waals surface area contributed by atoms with Crippen LogP contribution in [0.3, 0.4) is 0 Å². The van der Waals surface area contributed by atoms with Gasteiger partial charge in [-0.3, -0.25) is 0 Å². The number of carboxylic acid groups (broad SMARTS) is 1. The zero-order valence-corrected chi connectivity index (χ0v) is 8.98. The highest BCUT2D eigenvalue weighted by atomic mass is 19.3. The number of hydrogen-bond donors (Lipinski definition) is 2. The van der Waals surface area contributed by atoms with Gasteiger partial charge >= 0.3 is 5.97 Å². The van der Waals surface area contributed by atoms with E-state index in [1.54, 1.807) is 30.3 Å². The number of carbonyl (C=O) groups is 1. The SMILES string of the molecule is NCC(F)(F)[C@H](OCc1ccccc1)C(=O)O. The number of ether oxygens (including phenoxy) is 1. The minimum atomic E-state index is -3.58. The fourth-order valence-electron chi connectivity index (χ4n) is 1.23. The van der Waals surface area contributed by atoms with E-state index in [9.17, 15) is 13.6 Å². The molecular weight excluding hydrogens is 232 g/mol. The molecule has 4 nitrogen and oxygen atoms in total. The van der Waals surface area contributed by atoms with Gasteiger partial charge < -0.3 is 15.6 Å². The van der Waals surface area contributed by atoms with Crippen molar-refractivity contribution in [2.24, 2.45) is 5.73 Å². The van der Waals surface area contributed by atoms with E-state index in [2.05, 4.69) is 0 Å². The van der Waals surface area contributed by atoms with Gasteiger partial charge in [0, 0.05) is 0 Å². The summed E-state index contributed by atoms with van der Waals surface area (Å²) >= 11 is 0. The first-order chi connectivity index (χ1) is 7.97. The molecule has 0 heterocycles. The van der Waals surface area contributed by atoms with Crippen molar-refractivity contribution in [3.05, 3.63) is 35.9 Å². The van der Waals surface area contributed by atoms with Gasteiger partial charge in [-0.05, 0) is 5.56 Å². The molecule has 17 heavy (non-hydrogen) atoms. The third-order valence-electron chi connectivity index (χ3n) is 2.14. The van der Waals surface area contributed by atoms with Gasteiger partial charge in [0.25, 0.3) is 5.92 Å². The fraction of sp³-hybridized carbons (Fsp3) is 0.364. The van der Waals surface area contributed by atoms with Gasteiger partial charge in [0.05, 0.1) is 13.2 Å². The van der Waals surface area contributed by atoms with Crippen LogP contribution in [0.15, 0.2) is 30.3 Å². The van der Waals surface area contributed by atoms with Crippen LogP contribution in [-0.4, -0.2) is 29.6 Å². The Labute approximate surface area is 97.0 Å². The van der Waals surface area contributed by atoms with E-state index >= 15 is 0 Å². The minimum Gasteiger partial charge on any atom is -0.479 e. The first-order valence-electron chi connectivity index (χ1n) is 4.93. The molecule has 0 aliphatic heterocycles. The second kappa shape index (κ2) is 5.70. The van der Waals surface area contributed by atoms with E-state index in [0.29, 0.717) is 5.56 Å². The highest BCUT2D eigenvalue weighted by Gasteiger charge is 2.44. The number of aliphatic carboxylic acids is 1. The van der Waals surface area contributed by atoms with Crippen LogP contribution < -0.4 is 5.73 Å². The molecular formula is C11H13F2NO3. The number of carboxylic acids is 1. The van der Waals surface area contributed by atoms with Crippen molar-refractivity contribution in [3.8, 4) is 0 Å². The summed E-state index contributed by atoms with van der Waals surface area (Å²) < 4.78 is 31.0. The summed E-state index contributed by atoms with van der Waals surface area (Å²) in [4.78, 5) is 10.7. The highest BCUT2D eigenvalue weighted by Crippen LogP contribution is 2.21. The lowest BCUT2D eigenvalue weighted by Crippen LogP contribution is -2.47. The summed E-state index contributed by atoms with van der Waals surface area (Å²) in [6.45, 7) is -1.27. The van der Waals surface area contributed by atoms with Crippen molar-refractivity contribution >= 4 is 5.97 Å². The predicted molar refractivity (Wildman–Crippen MR) is 56.7 cm³/mol. The molecule has 0 bridgehead atoms. The van der Waals surface area contributed by atoms with E-state index in [1.165, 1.54) is 0 Å². The number of halogens is 2. The predicted octanol–water partition coefficient (Wildman–Crippen LogP) is 1.25. The lowest BCUT2D eigenvalue weighted by molar-refractivity contribution is -0.181. The largest absolute Gasteiger partial charge is 0.479 e. The number of hydrogen-bond acceptors (Lipinski definition) is 3. The van der Waals surface area contributed by atoms with Crippen LogP contribution in [0.5, 0.6) is 0 Å². The highest BCUT2D eigenvalue weighted by molar-refractivity contribution is 5.73. The molecule has 0 saturated heterocycles. The Morgan fingerprint density at radius 2 is 2.00 bits per heavy atom. The third-order valence-corrected chi connectivity index (χ3v) is 2.14. The average molecular weight is 245 g/mol. The average Bonchev–Trinajstić information content (AvgIpc) is 2.30. The Morgan fingerprint density at radius 1 is 1.41 bits per heavy atom. The Hall–Kier alpha value is -1.53. The van der Waals surface area contributed by atoms with Gasteiger partial charge in [0.2, 0.25) is 6.10 Å². The second-order valence-electron chi connectivity index (χ2n) is 3.48. The minimum absolute atomic E-state index is 0.201. The Bertz CT molecular complexity index is 370. The lowest BCUT2D eigenvalue weighted by atomic mass is 10.2. The number of alkyl halides is 2. The van der Waals surface area contributed by atoms with Gasteiger partial charge in [-0.15, -0.1) is 0 Å². The molecule has 3 N–H and O–H groups in total. The summed E-state index contributed by atoms with van der Waals surface area (Å²) in [7, 11) is 0. The molecule has 1 aromatic carbocycles. The topological polar surface area (TPSA) is 72.5 Å². The van der Waals surface area contributed by atoms with Crippen molar-refractivity contribution in [1.82, 2.24) is 0 Å². The molecule has 0 radical (unpaired) electrons. The maximum Gasteiger partial charge on any atom is 0.339 e. The molecule has 6 heteroatoms. The third kappa shape index (κ3) is 3.76. The molecule has 1 atom stereocenters. The van der Waals surface area contributed by atoms with Crippen LogP contribution in [0.2, 0.25) is 0 Å². The number of benzene rings is 1. The van der Waals surface area contributed by atoms with Gasteiger partial charge in [-0.2, -0.15) is 0 Å². The van der Waals surface area contributed by atoms with Gasteiger partial charge in [-0.25, -0.2) is 13.6 Å². The Balaban J connectivity index is 2.66. The monoisotopic (exact) mass is 245 g/mol. The van der Waals surface area contributed by atoms with E-state index < -0.39 is 24.5 Å². The Morgan fingerprint density at radius 3 is 2.47 bits per heavy atom. The van der Waals surface area contributed by atoms with E-state index in [4.69, 9.17) is 15.6 Å². The Kier molecular flexibility index (Phi) is 4.53. The van der Waals surface area contributed by atoms with Crippen molar-refractivity contribution in [2.75, 3.05) is 6.54 Å². The molecule has 0 fully saturated rings. The molecule has 0 aliphatic rings. The molecule has 0 unspecified atom stereocenters. The van der Waals surface area contributed by atoms with Crippen molar-refractivity contribution in [1.29, 1.82) is 0 Å². The fourth-order valence-corrected chi connectivity index (χ4v) is 1.23. The summed E-state index contributed by atoms with van der Waals surface area (Å²) in [5, 5.41) is 8.66. The molecule has 0 aromatic heterocycles. The van der Waals surface area contributed by atoms with E-state index in [-0.39, 0.29) is 6.61 Å². The normalized spacial score (nSPS) is 13.4. The summed E-state index contributed by atoms with van der Waals surface area (Å²) in [5.41, 5.74) is 5.44. The summed E-state index contributed by atoms with van der Waals surface area (Å²) in [6, 6.07) is 8.47. The molecule has 0 saturated carbocycles. The molecule has 94 valence electrons. The lowest BCUT2D eigenvalue weighted by Gasteiger charge is -2.22. The van der Waals surface area contributed by atoms with Gasteiger partial charge in [0.1, 0.15) is 0 Å². The smallest absolute Gasteiger partial charge is 0.339 e. The zero-order chi connectivity index (χ0) is 12.9. The summed E-state index contributed by atoms with van der Waals surface area (Å²) in [6.07, 6.45) is -2.23. The van der Waals surface area contributed by atoms with Gasteiger partial charge in [0.15, 0.2) is 0 Å². The molecule has 0 spiro atoms. The van der Waals surface area contributed by atoms with E-state index in [1.807, 2.05) is 0 Å². The van der Waals surface area contributed by atoms with Crippen LogP contribution in [0.1, 0.15) is 5.56 Å². The van der Waals surface area contributed by atoms with Crippen LogP contribution in [0, 0.1) is 0 Å². The van der Waals surface area contributed by atoms with Crippen LogP contribution in [0.25, 0.3) is 0 Å².